The maximum Gasteiger partial charge on any atom is 0.116 e. The Hall–Kier alpha value is -0.120. The zero-order chi connectivity index (χ0) is 10.7. The first-order chi connectivity index (χ1) is 7.22. The van der Waals surface area contributed by atoms with Gasteiger partial charge < -0.3 is 9.64 Å². The van der Waals surface area contributed by atoms with E-state index in [1.54, 1.807) is 0 Å². The number of rotatable bonds is 3. The first kappa shape index (κ1) is 11.4. The van der Waals surface area contributed by atoms with Crippen LogP contribution in [0.25, 0.3) is 0 Å². The number of likely N-dealkylation sites (tertiary alicyclic amines) is 1. The second-order valence-electron chi connectivity index (χ2n) is 5.11. The summed E-state index contributed by atoms with van der Waals surface area (Å²) >= 11 is 0. The van der Waals surface area contributed by atoms with Crippen LogP contribution in [0.15, 0.2) is 0 Å². The number of hydrogen-bond acceptors (Lipinski definition) is 3. The maximum absolute atomic E-state index is 5.78. The van der Waals surface area contributed by atoms with E-state index in [9.17, 15) is 0 Å². The molecule has 15 heavy (non-hydrogen) atoms. The van der Waals surface area contributed by atoms with Crippen molar-refractivity contribution in [3.05, 3.63) is 0 Å². The Bertz CT molecular complexity index is 202. The molecule has 0 saturated carbocycles. The van der Waals surface area contributed by atoms with Crippen molar-refractivity contribution in [3.8, 4) is 0 Å². The molecule has 2 atom stereocenters. The molecule has 0 aromatic heterocycles. The van der Waals surface area contributed by atoms with Crippen molar-refractivity contribution in [2.45, 2.75) is 38.8 Å². The van der Waals surface area contributed by atoms with Crippen LogP contribution in [0.1, 0.15) is 33.1 Å². The van der Waals surface area contributed by atoms with Gasteiger partial charge in [0.25, 0.3) is 0 Å². The molecule has 3 nitrogen and oxygen atoms in total. The molecule has 0 spiro atoms. The number of nitrogens with zero attached hydrogens (tertiary/aromatic N) is 1. The molecule has 1 N–H and O–H groups in total. The second kappa shape index (κ2) is 4.81. The largest absolute Gasteiger partial charge is 0.360 e. The zero-order valence-electron chi connectivity index (χ0n) is 10.1. The molecule has 0 aliphatic carbocycles. The topological polar surface area (TPSA) is 24.5 Å². The molecule has 0 amide bonds. The Morgan fingerprint density at radius 2 is 2.40 bits per heavy atom. The van der Waals surface area contributed by atoms with E-state index in [2.05, 4.69) is 24.1 Å². The van der Waals surface area contributed by atoms with Gasteiger partial charge in [0.1, 0.15) is 5.72 Å². The summed E-state index contributed by atoms with van der Waals surface area (Å²) in [6.07, 6.45) is 3.90. The van der Waals surface area contributed by atoms with E-state index >= 15 is 0 Å². The average Bonchev–Trinajstić information content (AvgIpc) is 2.65. The van der Waals surface area contributed by atoms with Gasteiger partial charge in [0.15, 0.2) is 0 Å². The van der Waals surface area contributed by atoms with Gasteiger partial charge in [-0.15, -0.1) is 0 Å². The van der Waals surface area contributed by atoms with Crippen molar-refractivity contribution < 1.29 is 4.74 Å². The Balaban J connectivity index is 1.83. The van der Waals surface area contributed by atoms with Crippen LogP contribution in [0.3, 0.4) is 0 Å². The quantitative estimate of drug-likeness (QED) is 0.766. The fraction of sp³-hybridized carbons (Fsp3) is 1.00. The summed E-state index contributed by atoms with van der Waals surface area (Å²) in [5.74, 6) is 0.814. The molecule has 2 aliphatic heterocycles. The third kappa shape index (κ3) is 2.92. The van der Waals surface area contributed by atoms with Crippen LogP contribution in [-0.2, 0) is 4.74 Å². The Morgan fingerprint density at radius 1 is 1.53 bits per heavy atom. The molecule has 2 heterocycles. The summed E-state index contributed by atoms with van der Waals surface area (Å²) in [6.45, 7) is 10.1. The normalized spacial score (nSPS) is 38.4. The SMILES string of the molecule is CCN1CCCC(CC2(C)NCCO2)C1. The van der Waals surface area contributed by atoms with Gasteiger partial charge in [-0.05, 0) is 45.2 Å². The molecule has 0 bridgehead atoms. The monoisotopic (exact) mass is 212 g/mol. The van der Waals surface area contributed by atoms with E-state index in [1.807, 2.05) is 0 Å². The highest BCUT2D eigenvalue weighted by Gasteiger charge is 2.33. The van der Waals surface area contributed by atoms with Gasteiger partial charge in [-0.25, -0.2) is 0 Å². The molecular weight excluding hydrogens is 188 g/mol. The number of ether oxygens (including phenoxy) is 1. The van der Waals surface area contributed by atoms with E-state index in [-0.39, 0.29) is 5.72 Å². The molecule has 3 heteroatoms. The minimum atomic E-state index is -0.0403. The van der Waals surface area contributed by atoms with Crippen molar-refractivity contribution in [3.63, 3.8) is 0 Å². The number of nitrogens with one attached hydrogen (secondary N) is 1. The third-order valence-corrected chi connectivity index (χ3v) is 3.75. The van der Waals surface area contributed by atoms with Gasteiger partial charge in [0, 0.05) is 13.1 Å². The van der Waals surface area contributed by atoms with Crippen LogP contribution in [-0.4, -0.2) is 43.4 Å². The fourth-order valence-corrected chi connectivity index (χ4v) is 2.93. The van der Waals surface area contributed by atoms with Crippen LogP contribution in [0.2, 0.25) is 0 Å². The molecule has 2 aliphatic rings. The van der Waals surface area contributed by atoms with Gasteiger partial charge in [0.2, 0.25) is 0 Å². The smallest absolute Gasteiger partial charge is 0.116 e. The summed E-state index contributed by atoms with van der Waals surface area (Å²) in [6, 6.07) is 0. The molecular formula is C12H24N2O. The van der Waals surface area contributed by atoms with Crippen molar-refractivity contribution in [1.82, 2.24) is 10.2 Å². The first-order valence-corrected chi connectivity index (χ1v) is 6.33. The highest BCUT2D eigenvalue weighted by molar-refractivity contribution is 4.84. The van der Waals surface area contributed by atoms with Gasteiger partial charge in [-0.1, -0.05) is 6.92 Å². The Kier molecular flexibility index (Phi) is 3.65. The average molecular weight is 212 g/mol. The highest BCUT2D eigenvalue weighted by Crippen LogP contribution is 2.27. The summed E-state index contributed by atoms with van der Waals surface area (Å²) < 4.78 is 5.78. The molecule has 2 unspecified atom stereocenters. The number of hydrogen-bond donors (Lipinski definition) is 1. The minimum Gasteiger partial charge on any atom is -0.360 e. The van der Waals surface area contributed by atoms with Crippen LogP contribution in [0.4, 0.5) is 0 Å². The summed E-state index contributed by atoms with van der Waals surface area (Å²) in [5, 5.41) is 3.47. The van der Waals surface area contributed by atoms with E-state index in [4.69, 9.17) is 4.74 Å². The predicted molar refractivity (Wildman–Crippen MR) is 61.8 cm³/mol. The lowest BCUT2D eigenvalue weighted by Gasteiger charge is -2.36. The fourth-order valence-electron chi connectivity index (χ4n) is 2.93. The van der Waals surface area contributed by atoms with E-state index in [0.29, 0.717) is 0 Å². The van der Waals surface area contributed by atoms with Crippen LogP contribution in [0.5, 0.6) is 0 Å². The summed E-state index contributed by atoms with van der Waals surface area (Å²) in [4.78, 5) is 2.56. The molecule has 0 aromatic rings. The maximum atomic E-state index is 5.78. The lowest BCUT2D eigenvalue weighted by molar-refractivity contribution is -0.0222. The van der Waals surface area contributed by atoms with Crippen molar-refractivity contribution >= 4 is 0 Å². The van der Waals surface area contributed by atoms with Crippen LogP contribution < -0.4 is 5.32 Å². The zero-order valence-corrected chi connectivity index (χ0v) is 10.1. The Morgan fingerprint density at radius 3 is 3.07 bits per heavy atom. The predicted octanol–water partition coefficient (Wildman–Crippen LogP) is 1.44. The van der Waals surface area contributed by atoms with Crippen molar-refractivity contribution in [1.29, 1.82) is 0 Å². The molecule has 2 rings (SSSR count). The van der Waals surface area contributed by atoms with Crippen molar-refractivity contribution in [2.24, 2.45) is 5.92 Å². The summed E-state index contributed by atoms with van der Waals surface area (Å²) in [5.41, 5.74) is -0.0403. The van der Waals surface area contributed by atoms with Crippen LogP contribution >= 0.6 is 0 Å². The molecule has 2 fully saturated rings. The standard InChI is InChI=1S/C12H24N2O/c1-3-14-7-4-5-11(10-14)9-12(2)13-6-8-15-12/h11,13H,3-10H2,1-2H3. The lowest BCUT2D eigenvalue weighted by atomic mass is 9.90. The lowest BCUT2D eigenvalue weighted by Crippen LogP contribution is -2.44. The number of piperidine rings is 1. The molecule has 0 radical (unpaired) electrons. The summed E-state index contributed by atoms with van der Waals surface area (Å²) in [7, 11) is 0. The molecule has 88 valence electrons. The van der Waals surface area contributed by atoms with E-state index < -0.39 is 0 Å². The molecule has 0 aromatic carbocycles. The second-order valence-corrected chi connectivity index (χ2v) is 5.11. The van der Waals surface area contributed by atoms with Gasteiger partial charge in [0.05, 0.1) is 6.61 Å². The third-order valence-electron chi connectivity index (χ3n) is 3.75. The highest BCUT2D eigenvalue weighted by atomic mass is 16.5. The van der Waals surface area contributed by atoms with Crippen molar-refractivity contribution in [2.75, 3.05) is 32.8 Å². The van der Waals surface area contributed by atoms with E-state index in [0.717, 1.165) is 19.1 Å². The first-order valence-electron chi connectivity index (χ1n) is 6.33. The van der Waals surface area contributed by atoms with Gasteiger partial charge in [-0.3, -0.25) is 5.32 Å². The van der Waals surface area contributed by atoms with Gasteiger partial charge in [-0.2, -0.15) is 0 Å². The van der Waals surface area contributed by atoms with Crippen LogP contribution in [0, 0.1) is 5.92 Å². The van der Waals surface area contributed by atoms with E-state index in [1.165, 1.54) is 38.9 Å². The minimum absolute atomic E-state index is 0.0403. The Labute approximate surface area is 93.2 Å². The molecule has 2 saturated heterocycles. The van der Waals surface area contributed by atoms with Gasteiger partial charge >= 0.3 is 0 Å².